The van der Waals surface area contributed by atoms with Gasteiger partial charge < -0.3 is 15.0 Å². The quantitative estimate of drug-likeness (QED) is 0.748. The molecule has 1 atom stereocenters. The molecule has 0 saturated heterocycles. The lowest BCUT2D eigenvalue weighted by atomic mass is 10.1. The van der Waals surface area contributed by atoms with Crippen LogP contribution < -0.4 is 5.32 Å². The third-order valence-corrected chi connectivity index (χ3v) is 4.27. The molecule has 1 amide bonds. The van der Waals surface area contributed by atoms with Gasteiger partial charge in [0.05, 0.1) is 17.1 Å². The predicted molar refractivity (Wildman–Crippen MR) is 93.7 cm³/mol. The van der Waals surface area contributed by atoms with Crippen molar-refractivity contribution in [2.24, 2.45) is 0 Å². The number of fused-ring (bicyclic) bond motifs is 1. The summed E-state index contributed by atoms with van der Waals surface area (Å²) in [7, 11) is 0. The Labute approximate surface area is 144 Å². The molecule has 6 heteroatoms. The molecule has 24 heavy (non-hydrogen) atoms. The first kappa shape index (κ1) is 16.5. The number of para-hydroxylation sites is 2. The molecule has 0 spiro atoms. The number of aliphatic hydroxyl groups is 1. The molecule has 0 aliphatic carbocycles. The average Bonchev–Trinajstić information content (AvgIpc) is 2.93. The van der Waals surface area contributed by atoms with Crippen molar-refractivity contribution in [1.29, 1.82) is 0 Å². The molecule has 1 heterocycles. The zero-order chi connectivity index (χ0) is 17.1. The number of rotatable bonds is 5. The Morgan fingerprint density at radius 2 is 1.96 bits per heavy atom. The number of imidazole rings is 1. The Hall–Kier alpha value is -2.37. The molecule has 0 aliphatic rings. The van der Waals surface area contributed by atoms with Gasteiger partial charge in [0.1, 0.15) is 19.0 Å². The molecule has 0 radical (unpaired) electrons. The number of hydrogen-bond acceptors (Lipinski definition) is 3. The van der Waals surface area contributed by atoms with E-state index in [2.05, 4.69) is 10.3 Å². The summed E-state index contributed by atoms with van der Waals surface area (Å²) >= 11 is 6.17. The van der Waals surface area contributed by atoms with E-state index in [9.17, 15) is 9.90 Å². The number of nitrogens with one attached hydrogen (secondary N) is 1. The number of nitrogens with zero attached hydrogens (tertiary/aromatic N) is 2. The Morgan fingerprint density at radius 1 is 1.25 bits per heavy atom. The van der Waals surface area contributed by atoms with Gasteiger partial charge in [-0.15, -0.1) is 0 Å². The molecule has 5 nitrogen and oxygen atoms in total. The van der Waals surface area contributed by atoms with Crippen LogP contribution in [-0.2, 0) is 17.9 Å². The minimum Gasteiger partial charge on any atom is -0.388 e. The molecule has 1 unspecified atom stereocenters. The summed E-state index contributed by atoms with van der Waals surface area (Å²) in [4.78, 5) is 16.8. The van der Waals surface area contributed by atoms with Gasteiger partial charge >= 0.3 is 0 Å². The number of benzene rings is 2. The van der Waals surface area contributed by atoms with Crippen LogP contribution >= 0.6 is 11.6 Å². The molecule has 0 aliphatic heterocycles. The Kier molecular flexibility index (Phi) is 4.83. The van der Waals surface area contributed by atoms with Crippen LogP contribution in [0.3, 0.4) is 0 Å². The van der Waals surface area contributed by atoms with Crippen LogP contribution in [0.4, 0.5) is 0 Å². The normalized spacial score (nSPS) is 12.3. The highest BCUT2D eigenvalue weighted by molar-refractivity contribution is 6.31. The van der Waals surface area contributed by atoms with E-state index in [4.69, 9.17) is 11.6 Å². The SMILES string of the molecule is CC(NC(=O)Cn1c(CO)nc2ccccc21)c1ccccc1Cl. The summed E-state index contributed by atoms with van der Waals surface area (Å²) in [5, 5.41) is 13.1. The average molecular weight is 344 g/mol. The van der Waals surface area contributed by atoms with Crippen LogP contribution in [0.2, 0.25) is 5.02 Å². The highest BCUT2D eigenvalue weighted by Gasteiger charge is 2.16. The number of carbonyl (C=O) groups excluding carboxylic acids is 1. The van der Waals surface area contributed by atoms with Crippen molar-refractivity contribution < 1.29 is 9.90 Å². The maximum absolute atomic E-state index is 12.4. The lowest BCUT2D eigenvalue weighted by molar-refractivity contribution is -0.122. The van der Waals surface area contributed by atoms with Gasteiger partial charge in [-0.3, -0.25) is 4.79 Å². The van der Waals surface area contributed by atoms with Gasteiger partial charge in [-0.2, -0.15) is 0 Å². The van der Waals surface area contributed by atoms with Gasteiger partial charge in [0, 0.05) is 5.02 Å². The Bertz CT molecular complexity index is 876. The molecular formula is C18H18ClN3O2. The second-order valence-electron chi connectivity index (χ2n) is 5.57. The number of aromatic nitrogens is 2. The maximum atomic E-state index is 12.4. The third kappa shape index (κ3) is 3.27. The second kappa shape index (κ2) is 7.03. The smallest absolute Gasteiger partial charge is 0.240 e. The Balaban J connectivity index is 1.79. The first-order valence-corrected chi connectivity index (χ1v) is 8.06. The highest BCUT2D eigenvalue weighted by Crippen LogP contribution is 2.22. The van der Waals surface area contributed by atoms with Gasteiger partial charge in [0.2, 0.25) is 5.91 Å². The monoisotopic (exact) mass is 343 g/mol. The molecule has 3 aromatic rings. The van der Waals surface area contributed by atoms with E-state index in [1.165, 1.54) is 0 Å². The first-order chi connectivity index (χ1) is 11.6. The van der Waals surface area contributed by atoms with Gasteiger partial charge in [0.15, 0.2) is 0 Å². The van der Waals surface area contributed by atoms with Gasteiger partial charge in [-0.1, -0.05) is 41.9 Å². The van der Waals surface area contributed by atoms with Crippen LogP contribution in [0.1, 0.15) is 24.4 Å². The molecular weight excluding hydrogens is 326 g/mol. The fourth-order valence-corrected chi connectivity index (χ4v) is 3.06. The predicted octanol–water partition coefficient (Wildman–Crippen LogP) is 3.06. The lowest BCUT2D eigenvalue weighted by Gasteiger charge is -2.16. The van der Waals surface area contributed by atoms with Gasteiger partial charge in [-0.25, -0.2) is 4.98 Å². The zero-order valence-electron chi connectivity index (χ0n) is 13.2. The summed E-state index contributed by atoms with van der Waals surface area (Å²) in [5.74, 6) is 0.303. The van der Waals surface area contributed by atoms with Gasteiger partial charge in [-0.05, 0) is 30.7 Å². The van der Waals surface area contributed by atoms with E-state index in [-0.39, 0.29) is 25.1 Å². The van der Waals surface area contributed by atoms with Crippen LogP contribution in [0.25, 0.3) is 11.0 Å². The van der Waals surface area contributed by atoms with Crippen molar-refractivity contribution in [2.75, 3.05) is 0 Å². The van der Waals surface area contributed by atoms with Crippen LogP contribution in [0, 0.1) is 0 Å². The van der Waals surface area contributed by atoms with Crippen molar-refractivity contribution in [3.8, 4) is 0 Å². The van der Waals surface area contributed by atoms with E-state index < -0.39 is 0 Å². The van der Waals surface area contributed by atoms with E-state index >= 15 is 0 Å². The van der Waals surface area contributed by atoms with Crippen LogP contribution in [0.15, 0.2) is 48.5 Å². The first-order valence-electron chi connectivity index (χ1n) is 7.69. The number of aliphatic hydroxyl groups excluding tert-OH is 1. The highest BCUT2D eigenvalue weighted by atomic mass is 35.5. The Morgan fingerprint density at radius 3 is 2.71 bits per heavy atom. The summed E-state index contributed by atoms with van der Waals surface area (Å²) in [5.41, 5.74) is 2.45. The minimum absolute atomic E-state index is 0.0885. The van der Waals surface area contributed by atoms with Crippen molar-refractivity contribution in [2.45, 2.75) is 26.1 Å². The van der Waals surface area contributed by atoms with Crippen molar-refractivity contribution in [1.82, 2.24) is 14.9 Å². The van der Waals surface area contributed by atoms with Crippen LogP contribution in [0.5, 0.6) is 0 Å². The number of hydrogen-bond donors (Lipinski definition) is 2. The molecule has 2 aromatic carbocycles. The summed E-state index contributed by atoms with van der Waals surface area (Å²) in [6.07, 6.45) is 0. The lowest BCUT2D eigenvalue weighted by Crippen LogP contribution is -2.30. The molecule has 0 bridgehead atoms. The molecule has 0 saturated carbocycles. The molecule has 124 valence electrons. The molecule has 0 fully saturated rings. The van der Waals surface area contributed by atoms with E-state index in [1.54, 1.807) is 10.6 Å². The van der Waals surface area contributed by atoms with Gasteiger partial charge in [0.25, 0.3) is 0 Å². The largest absolute Gasteiger partial charge is 0.388 e. The summed E-state index contributed by atoms with van der Waals surface area (Å²) in [6.45, 7) is 1.76. The standard InChI is InChI=1S/C18H18ClN3O2/c1-12(13-6-2-3-7-14(13)19)20-18(24)10-22-16-9-5-4-8-15(16)21-17(22)11-23/h2-9,12,23H,10-11H2,1H3,(H,20,24). The number of amides is 1. The fourth-order valence-electron chi connectivity index (χ4n) is 2.76. The second-order valence-corrected chi connectivity index (χ2v) is 5.98. The number of halogens is 1. The molecule has 1 aromatic heterocycles. The van der Waals surface area contributed by atoms with Crippen LogP contribution in [-0.4, -0.2) is 20.6 Å². The van der Waals surface area contributed by atoms with Crippen molar-refractivity contribution >= 4 is 28.5 Å². The van der Waals surface area contributed by atoms with E-state index in [1.807, 2.05) is 49.4 Å². The zero-order valence-corrected chi connectivity index (χ0v) is 14.0. The van der Waals surface area contributed by atoms with Crippen molar-refractivity contribution in [3.05, 3.63) is 64.9 Å². The fraction of sp³-hybridized carbons (Fsp3) is 0.222. The molecule has 3 rings (SSSR count). The number of carbonyl (C=O) groups is 1. The minimum atomic E-state index is -0.220. The van der Waals surface area contributed by atoms with E-state index in [0.29, 0.717) is 10.8 Å². The maximum Gasteiger partial charge on any atom is 0.240 e. The third-order valence-electron chi connectivity index (χ3n) is 3.93. The van der Waals surface area contributed by atoms with Crippen molar-refractivity contribution in [3.63, 3.8) is 0 Å². The summed E-state index contributed by atoms with van der Waals surface area (Å²) < 4.78 is 1.73. The molecule has 2 N–H and O–H groups in total. The topological polar surface area (TPSA) is 67.2 Å². The summed E-state index contributed by atoms with van der Waals surface area (Å²) in [6, 6.07) is 14.7. The van der Waals surface area contributed by atoms with E-state index in [0.717, 1.165) is 16.6 Å².